The maximum Gasteiger partial charge on any atom is 0.110 e. The number of hydrogen-bond donors (Lipinski definition) is 1. The third kappa shape index (κ3) is 2.58. The summed E-state index contributed by atoms with van der Waals surface area (Å²) in [6.07, 6.45) is 2.74. The Morgan fingerprint density at radius 2 is 2.20 bits per heavy atom. The summed E-state index contributed by atoms with van der Waals surface area (Å²) in [6.45, 7) is 4.43. The zero-order chi connectivity index (χ0) is 10.8. The van der Waals surface area contributed by atoms with E-state index in [1.54, 1.807) is 11.3 Å². The van der Waals surface area contributed by atoms with Crippen molar-refractivity contribution in [1.29, 1.82) is 5.26 Å². The molecule has 0 spiro atoms. The third-order valence-corrected chi connectivity index (χ3v) is 4.18. The highest BCUT2D eigenvalue weighted by Crippen LogP contribution is 2.34. The normalized spacial score (nSPS) is 19.5. The van der Waals surface area contributed by atoms with Gasteiger partial charge in [0.05, 0.1) is 0 Å². The predicted octanol–water partition coefficient (Wildman–Crippen LogP) is 3.07. The molecule has 1 aliphatic carbocycles. The fourth-order valence-corrected chi connectivity index (χ4v) is 2.67. The maximum absolute atomic E-state index is 8.75. The summed E-state index contributed by atoms with van der Waals surface area (Å²) in [5, 5.41) is 12.3. The predicted molar refractivity (Wildman–Crippen MR) is 62.8 cm³/mol. The molecule has 0 saturated heterocycles. The average Bonchev–Trinajstić information content (AvgIpc) is 2.96. The third-order valence-electron chi connectivity index (χ3n) is 3.01. The minimum Gasteiger partial charge on any atom is -0.307 e. The van der Waals surface area contributed by atoms with Gasteiger partial charge in [-0.25, -0.2) is 0 Å². The van der Waals surface area contributed by atoms with Crippen molar-refractivity contribution in [2.45, 2.75) is 38.8 Å². The van der Waals surface area contributed by atoms with Crippen LogP contribution in [0.1, 0.15) is 42.5 Å². The molecule has 2 unspecified atom stereocenters. The molecular weight excluding hydrogens is 204 g/mol. The van der Waals surface area contributed by atoms with Gasteiger partial charge in [-0.15, -0.1) is 11.3 Å². The van der Waals surface area contributed by atoms with Crippen LogP contribution in [0.5, 0.6) is 0 Å². The fraction of sp³-hybridized carbons (Fsp3) is 0.583. The van der Waals surface area contributed by atoms with Crippen molar-refractivity contribution in [3.63, 3.8) is 0 Å². The first-order chi connectivity index (χ1) is 7.20. The molecule has 2 rings (SSSR count). The highest BCUT2D eigenvalue weighted by molar-refractivity contribution is 7.12. The van der Waals surface area contributed by atoms with Crippen LogP contribution < -0.4 is 5.32 Å². The fourth-order valence-electron chi connectivity index (χ4n) is 1.85. The standard InChI is InChI=1S/C12H16N2S/c1-8(10-3-4-10)14-9(2)12-6-5-11(7-13)15-12/h5-6,8-10,14H,3-4H2,1-2H3. The molecule has 1 aromatic heterocycles. The number of thiophene rings is 1. The Hall–Kier alpha value is -0.850. The Morgan fingerprint density at radius 3 is 2.73 bits per heavy atom. The zero-order valence-corrected chi connectivity index (χ0v) is 9.97. The van der Waals surface area contributed by atoms with Gasteiger partial charge in [0, 0.05) is 17.0 Å². The number of rotatable bonds is 4. The largest absolute Gasteiger partial charge is 0.307 e. The van der Waals surface area contributed by atoms with Crippen molar-refractivity contribution < 1.29 is 0 Å². The molecule has 1 aliphatic rings. The van der Waals surface area contributed by atoms with Crippen LogP contribution in [0.2, 0.25) is 0 Å². The molecule has 3 heteroatoms. The van der Waals surface area contributed by atoms with Gasteiger partial charge in [0.15, 0.2) is 0 Å². The van der Waals surface area contributed by atoms with Crippen LogP contribution in [0, 0.1) is 17.2 Å². The van der Waals surface area contributed by atoms with Crippen LogP contribution in [0.3, 0.4) is 0 Å². The summed E-state index contributed by atoms with van der Waals surface area (Å²) >= 11 is 1.59. The van der Waals surface area contributed by atoms with Gasteiger partial charge in [-0.2, -0.15) is 5.26 Å². The summed E-state index contributed by atoms with van der Waals surface area (Å²) in [5.74, 6) is 0.878. The first kappa shape index (κ1) is 10.7. The molecule has 0 amide bonds. The van der Waals surface area contributed by atoms with Gasteiger partial charge in [-0.1, -0.05) is 0 Å². The van der Waals surface area contributed by atoms with Crippen LogP contribution in [-0.4, -0.2) is 6.04 Å². The molecule has 1 saturated carbocycles. The Kier molecular flexibility index (Phi) is 3.08. The second-order valence-electron chi connectivity index (χ2n) is 4.33. The van der Waals surface area contributed by atoms with Gasteiger partial charge >= 0.3 is 0 Å². The highest BCUT2D eigenvalue weighted by atomic mass is 32.1. The molecule has 1 fully saturated rings. The zero-order valence-electron chi connectivity index (χ0n) is 9.16. The van der Waals surface area contributed by atoms with E-state index in [2.05, 4.69) is 31.3 Å². The molecule has 0 bridgehead atoms. The first-order valence-electron chi connectivity index (χ1n) is 5.46. The molecule has 0 radical (unpaired) electrons. The number of nitrogens with zero attached hydrogens (tertiary/aromatic N) is 1. The van der Waals surface area contributed by atoms with E-state index in [4.69, 9.17) is 5.26 Å². The molecule has 2 atom stereocenters. The molecule has 15 heavy (non-hydrogen) atoms. The molecule has 2 nitrogen and oxygen atoms in total. The summed E-state index contributed by atoms with van der Waals surface area (Å²) in [6, 6.07) is 7.11. The van der Waals surface area contributed by atoms with Crippen LogP contribution >= 0.6 is 11.3 Å². The van der Waals surface area contributed by atoms with Crippen molar-refractivity contribution >= 4 is 11.3 Å². The van der Waals surface area contributed by atoms with Gasteiger partial charge in [0.1, 0.15) is 10.9 Å². The topological polar surface area (TPSA) is 35.8 Å². The Labute approximate surface area is 94.9 Å². The molecule has 0 aliphatic heterocycles. The quantitative estimate of drug-likeness (QED) is 0.846. The molecule has 1 aromatic rings. The molecule has 0 aromatic carbocycles. The van der Waals surface area contributed by atoms with E-state index < -0.39 is 0 Å². The lowest BCUT2D eigenvalue weighted by atomic mass is 10.2. The van der Waals surface area contributed by atoms with Crippen LogP contribution in [-0.2, 0) is 0 Å². The maximum atomic E-state index is 8.75. The highest BCUT2D eigenvalue weighted by Gasteiger charge is 2.28. The van der Waals surface area contributed by atoms with E-state index >= 15 is 0 Å². The summed E-state index contributed by atoms with van der Waals surface area (Å²) < 4.78 is 0. The molecular formula is C12H16N2S. The minimum atomic E-state index is 0.368. The van der Waals surface area contributed by atoms with Crippen molar-refractivity contribution in [1.82, 2.24) is 5.32 Å². The summed E-state index contributed by atoms with van der Waals surface area (Å²) in [7, 11) is 0. The van der Waals surface area contributed by atoms with Gasteiger partial charge < -0.3 is 5.32 Å². The number of nitrogens with one attached hydrogen (secondary N) is 1. The number of hydrogen-bond acceptors (Lipinski definition) is 3. The molecule has 1 heterocycles. The van der Waals surface area contributed by atoms with E-state index in [-0.39, 0.29) is 0 Å². The van der Waals surface area contributed by atoms with E-state index in [1.165, 1.54) is 17.7 Å². The smallest absolute Gasteiger partial charge is 0.110 e. The van der Waals surface area contributed by atoms with Crippen LogP contribution in [0.4, 0.5) is 0 Å². The van der Waals surface area contributed by atoms with Gasteiger partial charge in [-0.3, -0.25) is 0 Å². The Morgan fingerprint density at radius 1 is 1.47 bits per heavy atom. The summed E-state index contributed by atoms with van der Waals surface area (Å²) in [5.41, 5.74) is 0. The Bertz CT molecular complexity index is 373. The van der Waals surface area contributed by atoms with Gasteiger partial charge in [0.2, 0.25) is 0 Å². The average molecular weight is 220 g/mol. The van der Waals surface area contributed by atoms with Crippen molar-refractivity contribution in [3.05, 3.63) is 21.9 Å². The van der Waals surface area contributed by atoms with E-state index in [0.717, 1.165) is 10.8 Å². The lowest BCUT2D eigenvalue weighted by Crippen LogP contribution is -2.30. The molecule has 1 N–H and O–H groups in total. The Balaban J connectivity index is 1.94. The second-order valence-corrected chi connectivity index (χ2v) is 5.44. The van der Waals surface area contributed by atoms with Crippen LogP contribution in [0.15, 0.2) is 12.1 Å². The van der Waals surface area contributed by atoms with E-state index in [0.29, 0.717) is 12.1 Å². The van der Waals surface area contributed by atoms with Crippen molar-refractivity contribution in [2.24, 2.45) is 5.92 Å². The monoisotopic (exact) mass is 220 g/mol. The number of nitriles is 1. The molecule has 80 valence electrons. The van der Waals surface area contributed by atoms with Crippen LogP contribution in [0.25, 0.3) is 0 Å². The second kappa shape index (κ2) is 4.34. The minimum absolute atomic E-state index is 0.368. The lowest BCUT2D eigenvalue weighted by molar-refractivity contribution is 0.445. The van der Waals surface area contributed by atoms with Crippen molar-refractivity contribution in [3.8, 4) is 6.07 Å². The lowest BCUT2D eigenvalue weighted by Gasteiger charge is -2.18. The van der Waals surface area contributed by atoms with Crippen molar-refractivity contribution in [2.75, 3.05) is 0 Å². The SMILES string of the molecule is CC(NC(C)C1CC1)c1ccc(C#N)s1. The van der Waals surface area contributed by atoms with E-state index in [9.17, 15) is 0 Å². The first-order valence-corrected chi connectivity index (χ1v) is 6.28. The van der Waals surface area contributed by atoms with E-state index in [1.807, 2.05) is 6.07 Å². The summed E-state index contributed by atoms with van der Waals surface area (Å²) in [4.78, 5) is 2.07. The van der Waals surface area contributed by atoms with Gasteiger partial charge in [-0.05, 0) is 44.7 Å². The van der Waals surface area contributed by atoms with Gasteiger partial charge in [0.25, 0.3) is 0 Å².